The summed E-state index contributed by atoms with van der Waals surface area (Å²) in [5.74, 6) is -1.50. The Labute approximate surface area is 93.5 Å². The summed E-state index contributed by atoms with van der Waals surface area (Å²) in [5.41, 5.74) is 5.53. The highest BCUT2D eigenvalue weighted by molar-refractivity contribution is 5.92. The lowest BCUT2D eigenvalue weighted by Gasteiger charge is -2.21. The van der Waals surface area contributed by atoms with E-state index in [1.165, 1.54) is 19.2 Å². The van der Waals surface area contributed by atoms with Crippen molar-refractivity contribution in [3.63, 3.8) is 0 Å². The Morgan fingerprint density at radius 3 is 2.38 bits per heavy atom. The molecule has 5 nitrogen and oxygen atoms in total. The molecular formula is C11H15NO4. The Balaban J connectivity index is 3.46. The molecule has 0 bridgehead atoms. The molecule has 0 saturated carbocycles. The minimum Gasteiger partial charge on any atom is -0.504 e. The number of hydrogen-bond acceptors (Lipinski definition) is 4. The molecule has 0 amide bonds. The van der Waals surface area contributed by atoms with Crippen LogP contribution in [-0.2, 0) is 5.54 Å². The molecule has 0 unspecified atom stereocenters. The number of aromatic carboxylic acids is 1. The molecule has 0 spiro atoms. The summed E-state index contributed by atoms with van der Waals surface area (Å²) in [6.45, 7) is 3.48. The van der Waals surface area contributed by atoms with Crippen LogP contribution in [0.3, 0.4) is 0 Å². The molecule has 0 aromatic heterocycles. The molecule has 4 N–H and O–H groups in total. The maximum absolute atomic E-state index is 10.9. The highest BCUT2D eigenvalue weighted by atomic mass is 16.5. The molecule has 0 radical (unpaired) electrons. The van der Waals surface area contributed by atoms with Gasteiger partial charge in [-0.25, -0.2) is 4.79 Å². The van der Waals surface area contributed by atoms with Crippen molar-refractivity contribution >= 4 is 5.97 Å². The number of carbonyl (C=O) groups is 1. The van der Waals surface area contributed by atoms with Gasteiger partial charge in [0.25, 0.3) is 0 Å². The number of benzene rings is 1. The largest absolute Gasteiger partial charge is 0.504 e. The second-order valence-electron chi connectivity index (χ2n) is 4.10. The van der Waals surface area contributed by atoms with E-state index in [1.807, 2.05) is 0 Å². The predicted octanol–water partition coefficient (Wildman–Crippen LogP) is 1.29. The Morgan fingerprint density at radius 1 is 1.44 bits per heavy atom. The van der Waals surface area contributed by atoms with Crippen molar-refractivity contribution in [3.05, 3.63) is 23.3 Å². The topological polar surface area (TPSA) is 92.8 Å². The Hall–Kier alpha value is -1.75. The maximum atomic E-state index is 10.9. The third-order valence-corrected chi connectivity index (χ3v) is 2.27. The van der Waals surface area contributed by atoms with Crippen molar-refractivity contribution in [3.8, 4) is 11.5 Å². The SMILES string of the molecule is COc1cc(C(C)(C)N)cc(C(=O)O)c1O. The van der Waals surface area contributed by atoms with Crippen LogP contribution < -0.4 is 10.5 Å². The highest BCUT2D eigenvalue weighted by Gasteiger charge is 2.22. The van der Waals surface area contributed by atoms with Crippen LogP contribution in [-0.4, -0.2) is 23.3 Å². The number of nitrogens with two attached hydrogens (primary N) is 1. The molecule has 0 aliphatic carbocycles. The lowest BCUT2D eigenvalue weighted by molar-refractivity contribution is 0.0693. The van der Waals surface area contributed by atoms with Gasteiger partial charge in [0.2, 0.25) is 0 Å². The summed E-state index contributed by atoms with van der Waals surface area (Å²) in [5, 5.41) is 18.5. The minimum absolute atomic E-state index is 0.105. The summed E-state index contributed by atoms with van der Waals surface area (Å²) in [6, 6.07) is 2.88. The third kappa shape index (κ3) is 2.25. The third-order valence-electron chi connectivity index (χ3n) is 2.27. The lowest BCUT2D eigenvalue weighted by atomic mass is 9.93. The van der Waals surface area contributed by atoms with Gasteiger partial charge in [-0.1, -0.05) is 0 Å². The molecule has 0 heterocycles. The van der Waals surface area contributed by atoms with Crippen LogP contribution in [0.4, 0.5) is 0 Å². The summed E-state index contributed by atoms with van der Waals surface area (Å²) >= 11 is 0. The molecule has 16 heavy (non-hydrogen) atoms. The van der Waals surface area contributed by atoms with E-state index >= 15 is 0 Å². The van der Waals surface area contributed by atoms with Crippen LogP contribution in [0.2, 0.25) is 0 Å². The standard InChI is InChI=1S/C11H15NO4/c1-11(2,12)6-4-7(10(14)15)9(13)8(5-6)16-3/h4-5,13H,12H2,1-3H3,(H,14,15). The van der Waals surface area contributed by atoms with Crippen LogP contribution in [0.15, 0.2) is 12.1 Å². The number of methoxy groups -OCH3 is 1. The first-order chi connectivity index (χ1) is 7.27. The van der Waals surface area contributed by atoms with Crippen molar-refractivity contribution in [1.29, 1.82) is 0 Å². The summed E-state index contributed by atoms with van der Waals surface area (Å²) in [4.78, 5) is 10.9. The molecule has 0 atom stereocenters. The van der Waals surface area contributed by atoms with Gasteiger partial charge in [-0.3, -0.25) is 0 Å². The summed E-state index contributed by atoms with van der Waals surface area (Å²) in [6.07, 6.45) is 0. The number of carboxylic acids is 1. The van der Waals surface area contributed by atoms with E-state index in [2.05, 4.69) is 0 Å². The van der Waals surface area contributed by atoms with Gasteiger partial charge in [0.15, 0.2) is 11.5 Å². The van der Waals surface area contributed by atoms with E-state index in [-0.39, 0.29) is 17.1 Å². The lowest BCUT2D eigenvalue weighted by Crippen LogP contribution is -2.29. The quantitative estimate of drug-likeness (QED) is 0.720. The van der Waals surface area contributed by atoms with Crippen molar-refractivity contribution in [2.45, 2.75) is 19.4 Å². The molecule has 0 saturated heterocycles. The van der Waals surface area contributed by atoms with Crippen molar-refractivity contribution in [2.75, 3.05) is 7.11 Å². The fourth-order valence-electron chi connectivity index (χ4n) is 1.30. The van der Waals surface area contributed by atoms with Gasteiger partial charge in [-0.05, 0) is 31.5 Å². The Bertz CT molecular complexity index is 421. The fraction of sp³-hybridized carbons (Fsp3) is 0.364. The molecule has 1 aromatic carbocycles. The van der Waals surface area contributed by atoms with Crippen LogP contribution in [0.5, 0.6) is 11.5 Å². The van der Waals surface area contributed by atoms with Crippen LogP contribution >= 0.6 is 0 Å². The number of phenols is 1. The highest BCUT2D eigenvalue weighted by Crippen LogP contribution is 2.34. The minimum atomic E-state index is -1.22. The Morgan fingerprint density at radius 2 is 2.00 bits per heavy atom. The molecule has 1 rings (SSSR count). The van der Waals surface area contributed by atoms with Gasteiger partial charge in [-0.15, -0.1) is 0 Å². The van der Waals surface area contributed by atoms with Gasteiger partial charge >= 0.3 is 5.97 Å². The van der Waals surface area contributed by atoms with Crippen molar-refractivity contribution in [1.82, 2.24) is 0 Å². The first-order valence-corrected chi connectivity index (χ1v) is 4.71. The molecule has 0 aliphatic heterocycles. The van der Waals surface area contributed by atoms with Crippen LogP contribution in [0, 0.1) is 0 Å². The molecule has 5 heteroatoms. The van der Waals surface area contributed by atoms with Crippen LogP contribution in [0.1, 0.15) is 29.8 Å². The molecule has 0 fully saturated rings. The second-order valence-corrected chi connectivity index (χ2v) is 4.10. The molecule has 88 valence electrons. The van der Waals surface area contributed by atoms with Gasteiger partial charge in [0.05, 0.1) is 7.11 Å². The number of ether oxygens (including phenoxy) is 1. The molecule has 0 aliphatic rings. The Kier molecular flexibility index (Phi) is 3.09. The smallest absolute Gasteiger partial charge is 0.339 e. The van der Waals surface area contributed by atoms with Gasteiger partial charge in [-0.2, -0.15) is 0 Å². The van der Waals surface area contributed by atoms with E-state index in [0.29, 0.717) is 5.56 Å². The summed E-state index contributed by atoms with van der Waals surface area (Å²) in [7, 11) is 1.36. The first kappa shape index (κ1) is 12.3. The summed E-state index contributed by atoms with van der Waals surface area (Å²) < 4.78 is 4.90. The zero-order chi connectivity index (χ0) is 12.5. The van der Waals surface area contributed by atoms with Crippen LogP contribution in [0.25, 0.3) is 0 Å². The van der Waals surface area contributed by atoms with Gasteiger partial charge in [0, 0.05) is 5.54 Å². The first-order valence-electron chi connectivity index (χ1n) is 4.71. The van der Waals surface area contributed by atoms with Crippen molar-refractivity contribution < 1.29 is 19.7 Å². The number of hydrogen-bond donors (Lipinski definition) is 3. The van der Waals surface area contributed by atoms with E-state index in [9.17, 15) is 9.90 Å². The average Bonchev–Trinajstić information content (AvgIpc) is 2.15. The van der Waals surface area contributed by atoms with Gasteiger partial charge < -0.3 is 20.7 Å². The van der Waals surface area contributed by atoms with Gasteiger partial charge in [0.1, 0.15) is 5.56 Å². The monoisotopic (exact) mass is 225 g/mol. The van der Waals surface area contributed by atoms with E-state index < -0.39 is 11.5 Å². The molecular weight excluding hydrogens is 210 g/mol. The maximum Gasteiger partial charge on any atom is 0.339 e. The predicted molar refractivity (Wildman–Crippen MR) is 58.8 cm³/mol. The number of aromatic hydroxyl groups is 1. The number of carboxylic acid groups (broad SMARTS) is 1. The zero-order valence-corrected chi connectivity index (χ0v) is 9.44. The number of rotatable bonds is 3. The average molecular weight is 225 g/mol. The zero-order valence-electron chi connectivity index (χ0n) is 9.44. The van der Waals surface area contributed by atoms with E-state index in [1.54, 1.807) is 13.8 Å². The van der Waals surface area contributed by atoms with Crippen molar-refractivity contribution in [2.24, 2.45) is 5.73 Å². The van der Waals surface area contributed by atoms with E-state index in [0.717, 1.165) is 0 Å². The molecule has 1 aromatic rings. The normalized spacial score (nSPS) is 11.2. The van der Waals surface area contributed by atoms with E-state index in [4.69, 9.17) is 15.6 Å². The fourth-order valence-corrected chi connectivity index (χ4v) is 1.30. The second kappa shape index (κ2) is 4.02.